The molecule has 0 spiro atoms. The van der Waals surface area contributed by atoms with Crippen molar-refractivity contribution in [3.8, 4) is 0 Å². The van der Waals surface area contributed by atoms with Gasteiger partial charge in [0.25, 0.3) is 0 Å². The van der Waals surface area contributed by atoms with E-state index in [1.807, 2.05) is 0 Å². The molecule has 7 heteroatoms. The van der Waals surface area contributed by atoms with E-state index in [-0.39, 0.29) is 11.8 Å². The van der Waals surface area contributed by atoms with Crippen molar-refractivity contribution >= 4 is 17.9 Å². The molecule has 0 aromatic rings. The lowest BCUT2D eigenvalue weighted by atomic mass is 9.86. The van der Waals surface area contributed by atoms with Gasteiger partial charge in [-0.2, -0.15) is 0 Å². The number of nitrogens with two attached hydrogens (primary N) is 1. The molecule has 2 unspecified atom stereocenters. The van der Waals surface area contributed by atoms with E-state index < -0.39 is 17.5 Å². The fraction of sp³-hybridized carbons (Fsp3) is 0.786. The highest BCUT2D eigenvalue weighted by molar-refractivity contribution is 5.88. The number of amides is 3. The number of rotatable bonds is 2. The summed E-state index contributed by atoms with van der Waals surface area (Å²) in [7, 11) is 0. The molecular weight excluding hydrogens is 274 g/mol. The number of aliphatic carboxylic acids is 1. The normalized spacial score (nSPS) is 30.0. The molecule has 0 radical (unpaired) electrons. The average molecular weight is 297 g/mol. The van der Waals surface area contributed by atoms with E-state index in [0.717, 1.165) is 19.3 Å². The third-order valence-corrected chi connectivity index (χ3v) is 4.70. The third-order valence-electron chi connectivity index (χ3n) is 4.70. The monoisotopic (exact) mass is 297 g/mol. The van der Waals surface area contributed by atoms with E-state index in [0.29, 0.717) is 32.5 Å². The fourth-order valence-corrected chi connectivity index (χ4v) is 3.30. The van der Waals surface area contributed by atoms with Crippen LogP contribution in [0.1, 0.15) is 39.0 Å². The van der Waals surface area contributed by atoms with E-state index >= 15 is 0 Å². The van der Waals surface area contributed by atoms with E-state index in [9.17, 15) is 19.5 Å². The first kappa shape index (κ1) is 15.6. The molecular formula is C14H23N3O4. The molecule has 2 heterocycles. The first-order chi connectivity index (χ1) is 9.86. The van der Waals surface area contributed by atoms with E-state index in [1.54, 1.807) is 6.92 Å². The van der Waals surface area contributed by atoms with Crippen LogP contribution in [-0.2, 0) is 9.59 Å². The maximum atomic E-state index is 12.7. The molecule has 118 valence electrons. The van der Waals surface area contributed by atoms with Crippen LogP contribution in [-0.4, -0.2) is 58.0 Å². The quantitative estimate of drug-likeness (QED) is 0.780. The number of hydrogen-bond acceptors (Lipinski definition) is 3. The van der Waals surface area contributed by atoms with Crippen molar-refractivity contribution in [1.82, 2.24) is 9.80 Å². The Kier molecular flexibility index (Phi) is 4.39. The molecule has 3 N–H and O–H groups in total. The van der Waals surface area contributed by atoms with Crippen LogP contribution in [0.5, 0.6) is 0 Å². The van der Waals surface area contributed by atoms with E-state index in [2.05, 4.69) is 0 Å². The molecule has 2 fully saturated rings. The lowest BCUT2D eigenvalue weighted by Crippen LogP contribution is -2.60. The molecule has 2 rings (SSSR count). The molecule has 21 heavy (non-hydrogen) atoms. The Morgan fingerprint density at radius 2 is 1.90 bits per heavy atom. The Hall–Kier alpha value is -1.79. The Labute approximate surface area is 124 Å². The van der Waals surface area contributed by atoms with Crippen LogP contribution >= 0.6 is 0 Å². The summed E-state index contributed by atoms with van der Waals surface area (Å²) in [4.78, 5) is 38.5. The zero-order valence-electron chi connectivity index (χ0n) is 12.4. The van der Waals surface area contributed by atoms with Crippen LogP contribution in [0.2, 0.25) is 0 Å². The lowest BCUT2D eigenvalue weighted by molar-refractivity contribution is -0.163. The van der Waals surface area contributed by atoms with Crippen molar-refractivity contribution in [3.63, 3.8) is 0 Å². The second-order valence-electron chi connectivity index (χ2n) is 6.15. The van der Waals surface area contributed by atoms with Gasteiger partial charge in [0.15, 0.2) is 0 Å². The van der Waals surface area contributed by atoms with Crippen LogP contribution in [0.15, 0.2) is 0 Å². The molecule has 0 aromatic heterocycles. The molecule has 0 bridgehead atoms. The molecule has 0 saturated carbocycles. The van der Waals surface area contributed by atoms with Gasteiger partial charge in [-0.25, -0.2) is 9.59 Å². The number of likely N-dealkylation sites (tertiary alicyclic amines) is 2. The van der Waals surface area contributed by atoms with Crippen molar-refractivity contribution in [2.45, 2.75) is 44.6 Å². The summed E-state index contributed by atoms with van der Waals surface area (Å²) in [6, 6.07) is -0.521. The molecule has 2 atom stereocenters. The number of hydrogen-bond donors (Lipinski definition) is 2. The summed E-state index contributed by atoms with van der Waals surface area (Å²) >= 11 is 0. The first-order valence-corrected chi connectivity index (χ1v) is 7.45. The van der Waals surface area contributed by atoms with E-state index in [4.69, 9.17) is 5.73 Å². The van der Waals surface area contributed by atoms with Crippen molar-refractivity contribution in [2.75, 3.05) is 19.6 Å². The maximum Gasteiger partial charge on any atom is 0.329 e. The largest absolute Gasteiger partial charge is 0.480 e. The first-order valence-electron chi connectivity index (χ1n) is 7.45. The van der Waals surface area contributed by atoms with Crippen LogP contribution < -0.4 is 5.73 Å². The standard InChI is InChI=1S/C14H23N3O4/c1-14(12(19)20)6-2-3-8-17(14)11(18)10-5-4-7-16(9-10)13(15)21/h10H,2-9H2,1H3,(H2,15,21)(H,19,20). The van der Waals surface area contributed by atoms with E-state index in [1.165, 1.54) is 9.80 Å². The smallest absolute Gasteiger partial charge is 0.329 e. The van der Waals surface area contributed by atoms with Crippen molar-refractivity contribution < 1.29 is 19.5 Å². The predicted octanol–water partition coefficient (Wildman–Crippen LogP) is 0.633. The Bertz CT molecular complexity index is 454. The zero-order valence-corrected chi connectivity index (χ0v) is 12.4. The maximum absolute atomic E-state index is 12.7. The summed E-state index contributed by atoms with van der Waals surface area (Å²) in [6.45, 7) is 2.94. The minimum atomic E-state index is -1.13. The number of urea groups is 1. The van der Waals surface area contributed by atoms with Gasteiger partial charge in [0, 0.05) is 19.6 Å². The van der Waals surface area contributed by atoms with Crippen molar-refractivity contribution in [3.05, 3.63) is 0 Å². The van der Waals surface area contributed by atoms with Crippen LogP contribution in [0.3, 0.4) is 0 Å². The fourth-order valence-electron chi connectivity index (χ4n) is 3.30. The molecule has 2 aliphatic rings. The van der Waals surface area contributed by atoms with Crippen LogP contribution in [0.4, 0.5) is 4.79 Å². The third kappa shape index (κ3) is 2.96. The molecule has 0 aliphatic carbocycles. The Morgan fingerprint density at radius 1 is 1.19 bits per heavy atom. The van der Waals surface area contributed by atoms with Gasteiger partial charge < -0.3 is 20.6 Å². The molecule has 3 amide bonds. The number of carboxylic acids is 1. The molecule has 2 saturated heterocycles. The topological polar surface area (TPSA) is 104 Å². The van der Waals surface area contributed by atoms with Crippen LogP contribution in [0.25, 0.3) is 0 Å². The second kappa shape index (κ2) is 5.91. The summed E-state index contributed by atoms with van der Waals surface area (Å²) in [5.41, 5.74) is 4.14. The Balaban J connectivity index is 2.13. The summed E-state index contributed by atoms with van der Waals surface area (Å²) < 4.78 is 0. The number of carboxylic acid groups (broad SMARTS) is 1. The number of carbonyl (C=O) groups is 3. The van der Waals surface area contributed by atoms with Gasteiger partial charge in [0.2, 0.25) is 5.91 Å². The Morgan fingerprint density at radius 3 is 2.52 bits per heavy atom. The van der Waals surface area contributed by atoms with Gasteiger partial charge in [-0.05, 0) is 39.0 Å². The van der Waals surface area contributed by atoms with Crippen molar-refractivity contribution in [2.24, 2.45) is 11.7 Å². The second-order valence-corrected chi connectivity index (χ2v) is 6.15. The highest BCUT2D eigenvalue weighted by Crippen LogP contribution is 2.31. The summed E-state index contributed by atoms with van der Waals surface area (Å²) in [5.74, 6) is -1.47. The van der Waals surface area contributed by atoms with Crippen LogP contribution in [0, 0.1) is 5.92 Å². The highest BCUT2D eigenvalue weighted by atomic mass is 16.4. The van der Waals surface area contributed by atoms with Crippen molar-refractivity contribution in [1.29, 1.82) is 0 Å². The minimum Gasteiger partial charge on any atom is -0.480 e. The molecule has 2 aliphatic heterocycles. The van der Waals surface area contributed by atoms with Gasteiger partial charge in [0.05, 0.1) is 5.92 Å². The average Bonchev–Trinajstić information content (AvgIpc) is 2.47. The van der Waals surface area contributed by atoms with Gasteiger partial charge in [-0.1, -0.05) is 0 Å². The van der Waals surface area contributed by atoms with Gasteiger partial charge in [0.1, 0.15) is 5.54 Å². The number of piperidine rings is 2. The lowest BCUT2D eigenvalue weighted by Gasteiger charge is -2.44. The zero-order chi connectivity index (χ0) is 15.6. The van der Waals surface area contributed by atoms with Gasteiger partial charge >= 0.3 is 12.0 Å². The number of carbonyl (C=O) groups excluding carboxylic acids is 2. The minimum absolute atomic E-state index is 0.162. The van der Waals surface area contributed by atoms with Gasteiger partial charge in [-0.3, -0.25) is 4.79 Å². The SMILES string of the molecule is CC1(C(=O)O)CCCCN1C(=O)C1CCCN(C(N)=O)C1. The summed E-state index contributed by atoms with van der Waals surface area (Å²) in [6.07, 6.45) is 3.50. The molecule has 7 nitrogen and oxygen atoms in total. The molecule has 0 aromatic carbocycles. The predicted molar refractivity (Wildman–Crippen MR) is 75.5 cm³/mol. The highest BCUT2D eigenvalue weighted by Gasteiger charge is 2.46. The number of nitrogens with zero attached hydrogens (tertiary/aromatic N) is 2. The summed E-state index contributed by atoms with van der Waals surface area (Å²) in [5, 5.41) is 9.48. The number of primary amides is 1. The van der Waals surface area contributed by atoms with Gasteiger partial charge in [-0.15, -0.1) is 0 Å².